The number of methoxy groups -OCH3 is 1. The Hall–Kier alpha value is -2.08. The van der Waals surface area contributed by atoms with Crippen molar-refractivity contribution in [3.63, 3.8) is 0 Å². The Kier molecular flexibility index (Phi) is 3.47. The van der Waals surface area contributed by atoms with Crippen LogP contribution in [0.1, 0.15) is 6.92 Å². The highest BCUT2D eigenvalue weighted by molar-refractivity contribution is 5.88. The summed E-state index contributed by atoms with van der Waals surface area (Å²) in [5.74, 6) is 1.06. The van der Waals surface area contributed by atoms with Crippen LogP contribution in [0.15, 0.2) is 18.5 Å². The Labute approximate surface area is 105 Å². The number of hydrogen-bond donors (Lipinski definition) is 2. The van der Waals surface area contributed by atoms with Gasteiger partial charge in [0.15, 0.2) is 0 Å². The monoisotopic (exact) mass is 248 g/mol. The van der Waals surface area contributed by atoms with Crippen molar-refractivity contribution in [1.82, 2.24) is 9.97 Å². The van der Waals surface area contributed by atoms with Crippen LogP contribution in [0.5, 0.6) is 11.6 Å². The average Bonchev–Trinajstić information content (AvgIpc) is 2.35. The molecule has 2 aromatic rings. The van der Waals surface area contributed by atoms with Gasteiger partial charge in [0.05, 0.1) is 23.7 Å². The molecule has 96 valence electrons. The van der Waals surface area contributed by atoms with Gasteiger partial charge < -0.3 is 20.9 Å². The van der Waals surface area contributed by atoms with Gasteiger partial charge in [0.2, 0.25) is 5.88 Å². The highest BCUT2D eigenvalue weighted by Crippen LogP contribution is 2.30. The van der Waals surface area contributed by atoms with Gasteiger partial charge in [0.1, 0.15) is 18.7 Å². The van der Waals surface area contributed by atoms with E-state index in [2.05, 4.69) is 9.97 Å². The lowest BCUT2D eigenvalue weighted by Gasteiger charge is -2.11. The summed E-state index contributed by atoms with van der Waals surface area (Å²) in [4.78, 5) is 8.25. The summed E-state index contributed by atoms with van der Waals surface area (Å²) in [7, 11) is 1.56. The largest absolute Gasteiger partial charge is 0.495 e. The maximum absolute atomic E-state index is 5.86. The maximum atomic E-state index is 5.86. The molecule has 0 bridgehead atoms. The highest BCUT2D eigenvalue weighted by Gasteiger charge is 2.09. The van der Waals surface area contributed by atoms with E-state index < -0.39 is 0 Å². The highest BCUT2D eigenvalue weighted by atomic mass is 16.5. The van der Waals surface area contributed by atoms with Gasteiger partial charge in [-0.05, 0) is 13.0 Å². The topological polar surface area (TPSA) is 96.3 Å². The summed E-state index contributed by atoms with van der Waals surface area (Å²) in [5.41, 5.74) is 12.7. The first-order chi connectivity index (χ1) is 8.61. The lowest BCUT2D eigenvalue weighted by atomic mass is 10.2. The number of fused-ring (bicyclic) bond motifs is 1. The van der Waals surface area contributed by atoms with E-state index in [-0.39, 0.29) is 6.04 Å². The number of anilines is 1. The number of hydrogen-bond acceptors (Lipinski definition) is 6. The van der Waals surface area contributed by atoms with E-state index in [1.165, 1.54) is 6.33 Å². The van der Waals surface area contributed by atoms with Gasteiger partial charge in [0, 0.05) is 12.1 Å². The van der Waals surface area contributed by atoms with Gasteiger partial charge in [-0.15, -0.1) is 0 Å². The molecule has 0 unspecified atom stereocenters. The Balaban J connectivity index is 2.45. The fourth-order valence-electron chi connectivity index (χ4n) is 1.58. The van der Waals surface area contributed by atoms with E-state index in [0.29, 0.717) is 23.9 Å². The van der Waals surface area contributed by atoms with Crippen LogP contribution in [0.25, 0.3) is 10.9 Å². The smallest absolute Gasteiger partial charge is 0.224 e. The molecular weight excluding hydrogens is 232 g/mol. The molecule has 0 aliphatic carbocycles. The maximum Gasteiger partial charge on any atom is 0.224 e. The molecule has 0 aliphatic rings. The molecule has 6 nitrogen and oxygen atoms in total. The summed E-state index contributed by atoms with van der Waals surface area (Å²) >= 11 is 0. The van der Waals surface area contributed by atoms with Gasteiger partial charge in [-0.2, -0.15) is 0 Å². The van der Waals surface area contributed by atoms with Crippen LogP contribution in [0.3, 0.4) is 0 Å². The third-order valence-corrected chi connectivity index (χ3v) is 2.43. The van der Waals surface area contributed by atoms with E-state index in [9.17, 15) is 0 Å². The normalized spacial score (nSPS) is 12.4. The second-order valence-electron chi connectivity index (χ2n) is 4.08. The van der Waals surface area contributed by atoms with Gasteiger partial charge in [0.25, 0.3) is 0 Å². The van der Waals surface area contributed by atoms with Crippen molar-refractivity contribution in [2.75, 3.05) is 19.5 Å². The van der Waals surface area contributed by atoms with Crippen molar-refractivity contribution >= 4 is 16.6 Å². The third-order valence-electron chi connectivity index (χ3n) is 2.43. The number of ether oxygens (including phenoxy) is 2. The summed E-state index contributed by atoms with van der Waals surface area (Å²) in [5, 5.41) is 0.747. The van der Waals surface area contributed by atoms with E-state index >= 15 is 0 Å². The van der Waals surface area contributed by atoms with Crippen molar-refractivity contribution in [2.45, 2.75) is 13.0 Å². The Morgan fingerprint density at radius 2 is 2.11 bits per heavy atom. The quantitative estimate of drug-likeness (QED) is 0.782. The molecule has 1 heterocycles. The number of nitrogens with zero attached hydrogens (tertiary/aromatic N) is 2. The number of nitrogen functional groups attached to an aromatic ring is 1. The lowest BCUT2D eigenvalue weighted by molar-refractivity contribution is 0.288. The minimum absolute atomic E-state index is 0.0642. The number of benzene rings is 1. The Morgan fingerprint density at radius 1 is 1.33 bits per heavy atom. The molecule has 6 heteroatoms. The molecule has 0 spiro atoms. The first-order valence-electron chi connectivity index (χ1n) is 5.58. The van der Waals surface area contributed by atoms with Gasteiger partial charge in [-0.1, -0.05) is 0 Å². The predicted molar refractivity (Wildman–Crippen MR) is 69.6 cm³/mol. The number of rotatable bonds is 4. The minimum Gasteiger partial charge on any atom is -0.495 e. The first kappa shape index (κ1) is 12.4. The molecular formula is C12H16N4O2. The van der Waals surface area contributed by atoms with Crippen LogP contribution in [0.4, 0.5) is 5.69 Å². The van der Waals surface area contributed by atoms with Crippen molar-refractivity contribution in [3.05, 3.63) is 18.5 Å². The van der Waals surface area contributed by atoms with Crippen LogP contribution in [-0.4, -0.2) is 29.7 Å². The van der Waals surface area contributed by atoms with E-state index in [0.717, 1.165) is 10.9 Å². The fourth-order valence-corrected chi connectivity index (χ4v) is 1.58. The fraction of sp³-hybridized carbons (Fsp3) is 0.333. The summed E-state index contributed by atoms with van der Waals surface area (Å²) in [6, 6.07) is 3.43. The Morgan fingerprint density at radius 3 is 2.78 bits per heavy atom. The van der Waals surface area contributed by atoms with Crippen LogP contribution in [-0.2, 0) is 0 Å². The minimum atomic E-state index is -0.0642. The second kappa shape index (κ2) is 5.05. The van der Waals surface area contributed by atoms with Gasteiger partial charge in [-0.25, -0.2) is 9.97 Å². The Bertz CT molecular complexity index is 557. The average molecular weight is 248 g/mol. The molecule has 1 aromatic carbocycles. The van der Waals surface area contributed by atoms with Crippen molar-refractivity contribution in [3.8, 4) is 11.6 Å². The molecule has 0 amide bonds. The molecule has 4 N–H and O–H groups in total. The summed E-state index contributed by atoms with van der Waals surface area (Å²) in [6.45, 7) is 2.25. The molecule has 0 aliphatic heterocycles. The van der Waals surface area contributed by atoms with E-state index in [4.69, 9.17) is 20.9 Å². The first-order valence-corrected chi connectivity index (χ1v) is 5.58. The number of nitrogens with two attached hydrogens (primary N) is 2. The van der Waals surface area contributed by atoms with Crippen LogP contribution < -0.4 is 20.9 Å². The van der Waals surface area contributed by atoms with Gasteiger partial charge >= 0.3 is 0 Å². The third kappa shape index (κ3) is 2.43. The van der Waals surface area contributed by atoms with E-state index in [1.54, 1.807) is 19.2 Å². The standard InChI is InChI=1S/C12H16N4O2/c1-7(13)5-18-12-8-3-9(14)11(17-2)4-10(8)15-6-16-12/h3-4,6-7H,5,13-14H2,1-2H3/t7-/m1/s1. The molecule has 18 heavy (non-hydrogen) atoms. The van der Waals surface area contributed by atoms with E-state index in [1.807, 2.05) is 6.92 Å². The van der Waals surface area contributed by atoms with Crippen LogP contribution in [0, 0.1) is 0 Å². The molecule has 0 radical (unpaired) electrons. The van der Waals surface area contributed by atoms with Crippen molar-refractivity contribution in [1.29, 1.82) is 0 Å². The summed E-state index contributed by atoms with van der Waals surface area (Å²) in [6.07, 6.45) is 1.44. The van der Waals surface area contributed by atoms with Crippen molar-refractivity contribution < 1.29 is 9.47 Å². The molecule has 2 rings (SSSR count). The second-order valence-corrected chi connectivity index (χ2v) is 4.08. The molecule has 0 saturated carbocycles. The zero-order valence-corrected chi connectivity index (χ0v) is 10.4. The van der Waals surface area contributed by atoms with Crippen LogP contribution in [0.2, 0.25) is 0 Å². The predicted octanol–water partition coefficient (Wildman–Crippen LogP) is 0.947. The zero-order valence-electron chi connectivity index (χ0n) is 10.4. The molecule has 0 saturated heterocycles. The lowest BCUT2D eigenvalue weighted by Crippen LogP contribution is -2.24. The van der Waals surface area contributed by atoms with Crippen molar-refractivity contribution in [2.24, 2.45) is 5.73 Å². The SMILES string of the molecule is COc1cc2ncnc(OC[C@@H](C)N)c2cc1N. The van der Waals surface area contributed by atoms with Gasteiger partial charge in [-0.3, -0.25) is 0 Å². The molecule has 1 atom stereocenters. The zero-order chi connectivity index (χ0) is 13.1. The number of aromatic nitrogens is 2. The molecule has 1 aromatic heterocycles. The van der Waals surface area contributed by atoms with Crippen LogP contribution >= 0.6 is 0 Å². The molecule has 0 fully saturated rings. The summed E-state index contributed by atoms with van der Waals surface area (Å²) < 4.78 is 10.7.